The number of nitrogens with one attached hydrogen (secondary N) is 2. The average molecular weight is 376 g/mol. The molecule has 0 aromatic heterocycles. The standard InChI is InChI=1S/C19H28N4O4/c1-13-10-23(11-14(2)27-13)16-7-5-4-6-15(16)21-19(25)22-8-9-26-17(12-22)18(24)20-3/h4-7,13-14,17H,8-12H2,1-3H3,(H,20,24)(H,21,25). The van der Waals surface area contributed by atoms with Crippen molar-refractivity contribution in [3.63, 3.8) is 0 Å². The van der Waals surface area contributed by atoms with Gasteiger partial charge in [-0.3, -0.25) is 4.79 Å². The van der Waals surface area contributed by atoms with Crippen molar-refractivity contribution < 1.29 is 19.1 Å². The van der Waals surface area contributed by atoms with Crippen LogP contribution in [0.2, 0.25) is 0 Å². The molecule has 2 saturated heterocycles. The monoisotopic (exact) mass is 376 g/mol. The van der Waals surface area contributed by atoms with Crippen molar-refractivity contribution in [2.45, 2.75) is 32.2 Å². The van der Waals surface area contributed by atoms with Crippen LogP contribution in [-0.2, 0) is 14.3 Å². The predicted molar refractivity (Wildman–Crippen MR) is 103 cm³/mol. The number of amides is 3. The molecule has 3 atom stereocenters. The number of hydrogen-bond donors (Lipinski definition) is 2. The molecule has 0 bridgehead atoms. The van der Waals surface area contributed by atoms with E-state index in [9.17, 15) is 9.59 Å². The number of para-hydroxylation sites is 2. The Morgan fingerprint density at radius 2 is 1.81 bits per heavy atom. The second kappa shape index (κ2) is 8.58. The predicted octanol–water partition coefficient (Wildman–Crippen LogP) is 1.28. The number of carbonyl (C=O) groups is 2. The maximum Gasteiger partial charge on any atom is 0.322 e. The Morgan fingerprint density at radius 3 is 2.52 bits per heavy atom. The molecule has 1 aromatic rings. The lowest BCUT2D eigenvalue weighted by Crippen LogP contribution is -2.52. The van der Waals surface area contributed by atoms with Gasteiger partial charge in [-0.2, -0.15) is 0 Å². The van der Waals surface area contributed by atoms with Crippen LogP contribution >= 0.6 is 0 Å². The van der Waals surface area contributed by atoms with Crippen molar-refractivity contribution in [2.75, 3.05) is 50.1 Å². The normalized spacial score (nSPS) is 25.8. The Labute approximate surface area is 159 Å². The van der Waals surface area contributed by atoms with Crippen molar-refractivity contribution >= 4 is 23.3 Å². The zero-order valence-corrected chi connectivity index (χ0v) is 16.1. The molecule has 27 heavy (non-hydrogen) atoms. The van der Waals surface area contributed by atoms with Crippen LogP contribution in [0.4, 0.5) is 16.2 Å². The molecule has 1 aromatic carbocycles. The van der Waals surface area contributed by atoms with Gasteiger partial charge in [0.25, 0.3) is 5.91 Å². The summed E-state index contributed by atoms with van der Waals surface area (Å²) in [7, 11) is 1.56. The van der Waals surface area contributed by atoms with E-state index in [0.717, 1.165) is 24.5 Å². The van der Waals surface area contributed by atoms with E-state index in [-0.39, 0.29) is 30.7 Å². The van der Waals surface area contributed by atoms with Crippen LogP contribution in [0.5, 0.6) is 0 Å². The van der Waals surface area contributed by atoms with Crippen LogP contribution in [0.15, 0.2) is 24.3 Å². The summed E-state index contributed by atoms with van der Waals surface area (Å²) in [6, 6.07) is 7.54. The van der Waals surface area contributed by atoms with Gasteiger partial charge < -0.3 is 29.9 Å². The van der Waals surface area contributed by atoms with Gasteiger partial charge in [0.1, 0.15) is 0 Å². The van der Waals surface area contributed by atoms with Crippen LogP contribution in [0, 0.1) is 0 Å². The molecule has 0 aliphatic carbocycles. The van der Waals surface area contributed by atoms with Gasteiger partial charge in [0.05, 0.1) is 36.7 Å². The summed E-state index contributed by atoms with van der Waals surface area (Å²) < 4.78 is 11.3. The molecular weight excluding hydrogens is 348 g/mol. The molecule has 2 fully saturated rings. The number of nitrogens with zero attached hydrogens (tertiary/aromatic N) is 2. The number of likely N-dealkylation sites (N-methyl/N-ethyl adjacent to an activating group) is 1. The molecule has 8 heteroatoms. The number of rotatable bonds is 3. The SMILES string of the molecule is CNC(=O)C1CN(C(=O)Nc2ccccc2N2CC(C)OC(C)C2)CCO1. The summed E-state index contributed by atoms with van der Waals surface area (Å²) in [5.41, 5.74) is 1.73. The fourth-order valence-corrected chi connectivity index (χ4v) is 3.58. The summed E-state index contributed by atoms with van der Waals surface area (Å²) in [5.74, 6) is -0.218. The first kappa shape index (κ1) is 19.4. The molecule has 3 amide bonds. The van der Waals surface area contributed by atoms with E-state index < -0.39 is 6.10 Å². The average Bonchev–Trinajstić information content (AvgIpc) is 2.67. The molecule has 2 aliphatic heterocycles. The fourth-order valence-electron chi connectivity index (χ4n) is 3.58. The van der Waals surface area contributed by atoms with E-state index in [2.05, 4.69) is 29.4 Å². The first-order valence-corrected chi connectivity index (χ1v) is 9.36. The maximum absolute atomic E-state index is 12.8. The topological polar surface area (TPSA) is 83.1 Å². The molecule has 3 unspecified atom stereocenters. The van der Waals surface area contributed by atoms with E-state index in [1.54, 1.807) is 11.9 Å². The zero-order valence-electron chi connectivity index (χ0n) is 16.1. The van der Waals surface area contributed by atoms with Crippen LogP contribution in [0.3, 0.4) is 0 Å². The van der Waals surface area contributed by atoms with E-state index >= 15 is 0 Å². The number of anilines is 2. The van der Waals surface area contributed by atoms with E-state index in [4.69, 9.17) is 9.47 Å². The second-order valence-corrected chi connectivity index (χ2v) is 7.03. The van der Waals surface area contributed by atoms with Gasteiger partial charge in [-0.05, 0) is 26.0 Å². The van der Waals surface area contributed by atoms with E-state index in [1.165, 1.54) is 0 Å². The Balaban J connectivity index is 1.70. The number of benzene rings is 1. The number of urea groups is 1. The lowest BCUT2D eigenvalue weighted by Gasteiger charge is -2.38. The summed E-state index contributed by atoms with van der Waals surface area (Å²) in [6.07, 6.45) is -0.374. The first-order valence-electron chi connectivity index (χ1n) is 9.36. The molecule has 3 rings (SSSR count). The van der Waals surface area contributed by atoms with Crippen LogP contribution in [0.25, 0.3) is 0 Å². The highest BCUT2D eigenvalue weighted by molar-refractivity contribution is 5.94. The minimum absolute atomic E-state index is 0.130. The molecule has 148 valence electrons. The van der Waals surface area contributed by atoms with E-state index in [1.807, 2.05) is 24.3 Å². The fraction of sp³-hybridized carbons (Fsp3) is 0.579. The van der Waals surface area contributed by atoms with Gasteiger partial charge in [0.2, 0.25) is 0 Å². The third kappa shape index (κ3) is 4.70. The van der Waals surface area contributed by atoms with Crippen LogP contribution in [0.1, 0.15) is 13.8 Å². The van der Waals surface area contributed by atoms with Crippen molar-refractivity contribution in [3.8, 4) is 0 Å². The molecular formula is C19H28N4O4. The smallest absolute Gasteiger partial charge is 0.322 e. The van der Waals surface area contributed by atoms with Crippen LogP contribution < -0.4 is 15.5 Å². The van der Waals surface area contributed by atoms with E-state index in [0.29, 0.717) is 13.2 Å². The number of carbonyl (C=O) groups excluding carboxylic acids is 2. The zero-order chi connectivity index (χ0) is 19.4. The molecule has 8 nitrogen and oxygen atoms in total. The molecule has 2 heterocycles. The lowest BCUT2D eigenvalue weighted by molar-refractivity contribution is -0.136. The molecule has 2 aliphatic rings. The second-order valence-electron chi connectivity index (χ2n) is 7.03. The number of morpholine rings is 2. The van der Waals surface area contributed by atoms with Crippen LogP contribution in [-0.4, -0.2) is 75.0 Å². The molecule has 0 saturated carbocycles. The molecule has 0 radical (unpaired) electrons. The Bertz CT molecular complexity index is 673. The van der Waals surface area contributed by atoms with Crippen molar-refractivity contribution in [1.82, 2.24) is 10.2 Å². The summed E-state index contributed by atoms with van der Waals surface area (Å²) in [5, 5.41) is 5.57. The van der Waals surface area contributed by atoms with Crippen molar-refractivity contribution in [1.29, 1.82) is 0 Å². The number of hydrogen-bond acceptors (Lipinski definition) is 5. The lowest BCUT2D eigenvalue weighted by atomic mass is 10.1. The van der Waals surface area contributed by atoms with Gasteiger partial charge in [-0.25, -0.2) is 4.79 Å². The third-order valence-electron chi connectivity index (χ3n) is 4.80. The van der Waals surface area contributed by atoms with Gasteiger partial charge >= 0.3 is 6.03 Å². The Morgan fingerprint density at radius 1 is 1.11 bits per heavy atom. The van der Waals surface area contributed by atoms with Crippen molar-refractivity contribution in [3.05, 3.63) is 24.3 Å². The Kier molecular flexibility index (Phi) is 6.18. The summed E-state index contributed by atoms with van der Waals surface area (Å²) >= 11 is 0. The minimum Gasteiger partial charge on any atom is -0.372 e. The largest absolute Gasteiger partial charge is 0.372 e. The molecule has 0 spiro atoms. The van der Waals surface area contributed by atoms with Gasteiger partial charge in [0, 0.05) is 26.7 Å². The highest BCUT2D eigenvalue weighted by Gasteiger charge is 2.29. The summed E-state index contributed by atoms with van der Waals surface area (Å²) in [4.78, 5) is 28.4. The van der Waals surface area contributed by atoms with Crippen molar-refractivity contribution in [2.24, 2.45) is 0 Å². The first-order chi connectivity index (χ1) is 13.0. The van der Waals surface area contributed by atoms with Gasteiger partial charge in [0.15, 0.2) is 6.10 Å². The quantitative estimate of drug-likeness (QED) is 0.830. The highest BCUT2D eigenvalue weighted by Crippen LogP contribution is 2.28. The molecule has 2 N–H and O–H groups in total. The van der Waals surface area contributed by atoms with Gasteiger partial charge in [-0.15, -0.1) is 0 Å². The maximum atomic E-state index is 12.8. The third-order valence-corrected chi connectivity index (χ3v) is 4.80. The Hall–Kier alpha value is -2.32. The van der Waals surface area contributed by atoms with Gasteiger partial charge in [-0.1, -0.05) is 12.1 Å². The number of ether oxygens (including phenoxy) is 2. The minimum atomic E-state index is -0.634. The highest BCUT2D eigenvalue weighted by atomic mass is 16.5. The summed E-state index contributed by atoms with van der Waals surface area (Å²) in [6.45, 7) is 6.67.